The van der Waals surface area contributed by atoms with Crippen molar-refractivity contribution in [2.45, 2.75) is 13.5 Å². The summed E-state index contributed by atoms with van der Waals surface area (Å²) in [5.41, 5.74) is 2.62. The number of pyridine rings is 1. The van der Waals surface area contributed by atoms with Crippen molar-refractivity contribution in [3.8, 4) is 5.88 Å². The van der Waals surface area contributed by atoms with Crippen molar-refractivity contribution in [1.82, 2.24) is 4.98 Å². The van der Waals surface area contributed by atoms with Crippen LogP contribution in [0.25, 0.3) is 0 Å². The van der Waals surface area contributed by atoms with E-state index in [9.17, 15) is 10.1 Å². The van der Waals surface area contributed by atoms with Gasteiger partial charge in [-0.3, -0.25) is 10.1 Å². The van der Waals surface area contributed by atoms with Crippen molar-refractivity contribution < 1.29 is 9.66 Å². The summed E-state index contributed by atoms with van der Waals surface area (Å²) >= 11 is 0. The molecule has 0 aliphatic rings. The van der Waals surface area contributed by atoms with Gasteiger partial charge in [-0.2, -0.15) is 0 Å². The Morgan fingerprint density at radius 3 is 2.80 bits per heavy atom. The summed E-state index contributed by atoms with van der Waals surface area (Å²) in [6.45, 7) is 2.31. The number of anilines is 1. The van der Waals surface area contributed by atoms with E-state index in [0.717, 1.165) is 11.3 Å². The highest BCUT2D eigenvalue weighted by atomic mass is 16.6. The first-order chi connectivity index (χ1) is 9.60. The highest BCUT2D eigenvalue weighted by Crippen LogP contribution is 2.22. The first-order valence-electron chi connectivity index (χ1n) is 6.08. The zero-order chi connectivity index (χ0) is 14.5. The first-order valence-corrected chi connectivity index (χ1v) is 6.08. The molecule has 1 heterocycles. The number of aryl methyl sites for hydroxylation is 1. The molecule has 0 unspecified atom stereocenters. The van der Waals surface area contributed by atoms with Crippen LogP contribution in [0.5, 0.6) is 5.88 Å². The molecule has 2 aromatic rings. The van der Waals surface area contributed by atoms with E-state index in [1.807, 2.05) is 12.1 Å². The minimum atomic E-state index is -0.382. The van der Waals surface area contributed by atoms with E-state index in [1.165, 1.54) is 6.07 Å². The van der Waals surface area contributed by atoms with Crippen molar-refractivity contribution >= 4 is 11.4 Å². The monoisotopic (exact) mass is 273 g/mol. The summed E-state index contributed by atoms with van der Waals surface area (Å²) in [5, 5.41) is 14.0. The highest BCUT2D eigenvalue weighted by molar-refractivity contribution is 5.53. The van der Waals surface area contributed by atoms with Crippen molar-refractivity contribution in [2.75, 3.05) is 12.4 Å². The second kappa shape index (κ2) is 6.01. The standard InChI is InChI=1S/C14H15N3O3/c1-10-7-12(3-4-13(10)17(18)19)16-9-11-5-6-15-14(8-11)20-2/h3-8,16H,9H2,1-2H3. The molecule has 0 bridgehead atoms. The topological polar surface area (TPSA) is 77.3 Å². The maximum Gasteiger partial charge on any atom is 0.272 e. The lowest BCUT2D eigenvalue weighted by molar-refractivity contribution is -0.385. The first kappa shape index (κ1) is 13.8. The molecule has 0 aliphatic carbocycles. The fourth-order valence-electron chi connectivity index (χ4n) is 1.85. The molecule has 0 radical (unpaired) electrons. The Morgan fingerprint density at radius 2 is 2.15 bits per heavy atom. The fraction of sp³-hybridized carbons (Fsp3) is 0.214. The van der Waals surface area contributed by atoms with Crippen LogP contribution < -0.4 is 10.1 Å². The van der Waals surface area contributed by atoms with Gasteiger partial charge in [0.25, 0.3) is 5.69 Å². The molecule has 0 fully saturated rings. The molecular weight excluding hydrogens is 258 g/mol. The predicted molar refractivity (Wildman–Crippen MR) is 75.9 cm³/mol. The third-order valence-electron chi connectivity index (χ3n) is 2.90. The second-order valence-corrected chi connectivity index (χ2v) is 4.32. The third kappa shape index (κ3) is 3.23. The number of rotatable bonds is 5. The lowest BCUT2D eigenvalue weighted by atomic mass is 10.1. The average Bonchev–Trinajstić information content (AvgIpc) is 2.45. The normalized spacial score (nSPS) is 10.1. The molecule has 2 rings (SSSR count). The lowest BCUT2D eigenvalue weighted by Gasteiger charge is -2.08. The molecule has 0 saturated carbocycles. The zero-order valence-electron chi connectivity index (χ0n) is 11.3. The Morgan fingerprint density at radius 1 is 1.35 bits per heavy atom. The molecule has 0 amide bonds. The molecule has 6 nitrogen and oxygen atoms in total. The largest absolute Gasteiger partial charge is 0.481 e. The van der Waals surface area contributed by atoms with Gasteiger partial charge in [0, 0.05) is 36.1 Å². The van der Waals surface area contributed by atoms with Gasteiger partial charge >= 0.3 is 0 Å². The summed E-state index contributed by atoms with van der Waals surface area (Å²) in [4.78, 5) is 14.4. The number of aromatic nitrogens is 1. The molecule has 0 saturated heterocycles. The van der Waals surface area contributed by atoms with Crippen molar-refractivity contribution in [2.24, 2.45) is 0 Å². The molecule has 1 aromatic carbocycles. The highest BCUT2D eigenvalue weighted by Gasteiger charge is 2.09. The quantitative estimate of drug-likeness (QED) is 0.669. The van der Waals surface area contributed by atoms with Gasteiger partial charge in [-0.25, -0.2) is 4.98 Å². The van der Waals surface area contributed by atoms with Crippen molar-refractivity contribution in [3.05, 3.63) is 57.8 Å². The van der Waals surface area contributed by atoms with E-state index in [0.29, 0.717) is 18.0 Å². The summed E-state index contributed by atoms with van der Waals surface area (Å²) in [6.07, 6.45) is 1.68. The van der Waals surface area contributed by atoms with E-state index in [1.54, 1.807) is 32.4 Å². The Hall–Kier alpha value is -2.63. The van der Waals surface area contributed by atoms with Crippen molar-refractivity contribution in [1.29, 1.82) is 0 Å². The Labute approximate surface area is 116 Å². The van der Waals surface area contributed by atoms with Crippen LogP contribution in [0, 0.1) is 17.0 Å². The van der Waals surface area contributed by atoms with Crippen LogP contribution in [0.3, 0.4) is 0 Å². The maximum atomic E-state index is 10.7. The van der Waals surface area contributed by atoms with E-state index in [-0.39, 0.29) is 10.6 Å². The molecule has 0 atom stereocenters. The van der Waals surface area contributed by atoms with Crippen LogP contribution in [0.2, 0.25) is 0 Å². The summed E-state index contributed by atoms with van der Waals surface area (Å²) < 4.78 is 5.05. The Balaban J connectivity index is 2.07. The number of methoxy groups -OCH3 is 1. The molecule has 0 aliphatic heterocycles. The number of hydrogen-bond donors (Lipinski definition) is 1. The number of nitrogens with one attached hydrogen (secondary N) is 1. The minimum Gasteiger partial charge on any atom is -0.481 e. The molecule has 1 N–H and O–H groups in total. The van der Waals surface area contributed by atoms with Crippen LogP contribution in [0.15, 0.2) is 36.5 Å². The molecule has 20 heavy (non-hydrogen) atoms. The number of nitro benzene ring substituents is 1. The van der Waals surface area contributed by atoms with Gasteiger partial charge in [0.1, 0.15) is 0 Å². The van der Waals surface area contributed by atoms with Crippen LogP contribution in [-0.4, -0.2) is 17.0 Å². The minimum absolute atomic E-state index is 0.126. The van der Waals surface area contributed by atoms with Gasteiger partial charge in [-0.05, 0) is 30.7 Å². The molecular formula is C14H15N3O3. The van der Waals surface area contributed by atoms with Gasteiger partial charge in [-0.15, -0.1) is 0 Å². The maximum absolute atomic E-state index is 10.7. The predicted octanol–water partition coefficient (Wildman–Crippen LogP) is 2.92. The fourth-order valence-corrected chi connectivity index (χ4v) is 1.85. The number of benzene rings is 1. The van der Waals surface area contributed by atoms with Crippen LogP contribution >= 0.6 is 0 Å². The molecule has 0 spiro atoms. The van der Waals surface area contributed by atoms with Crippen LogP contribution in [0.1, 0.15) is 11.1 Å². The van der Waals surface area contributed by atoms with Gasteiger partial charge in [-0.1, -0.05) is 0 Å². The number of nitrogens with zero attached hydrogens (tertiary/aromatic N) is 2. The van der Waals surface area contributed by atoms with Gasteiger partial charge < -0.3 is 10.1 Å². The second-order valence-electron chi connectivity index (χ2n) is 4.32. The Bertz CT molecular complexity index is 629. The van der Waals surface area contributed by atoms with E-state index >= 15 is 0 Å². The number of hydrogen-bond acceptors (Lipinski definition) is 5. The van der Waals surface area contributed by atoms with Gasteiger partial charge in [0.15, 0.2) is 0 Å². The van der Waals surface area contributed by atoms with Crippen LogP contribution in [0.4, 0.5) is 11.4 Å². The molecule has 6 heteroatoms. The Kier molecular flexibility index (Phi) is 4.14. The SMILES string of the molecule is COc1cc(CNc2ccc([N+](=O)[O-])c(C)c2)ccn1. The van der Waals surface area contributed by atoms with E-state index in [4.69, 9.17) is 4.74 Å². The molecule has 104 valence electrons. The van der Waals surface area contributed by atoms with E-state index in [2.05, 4.69) is 10.3 Å². The smallest absolute Gasteiger partial charge is 0.272 e. The zero-order valence-corrected chi connectivity index (χ0v) is 11.3. The van der Waals surface area contributed by atoms with Crippen molar-refractivity contribution in [3.63, 3.8) is 0 Å². The summed E-state index contributed by atoms with van der Waals surface area (Å²) in [7, 11) is 1.57. The summed E-state index contributed by atoms with van der Waals surface area (Å²) in [5.74, 6) is 0.559. The number of nitro groups is 1. The van der Waals surface area contributed by atoms with Gasteiger partial charge in [0.2, 0.25) is 5.88 Å². The third-order valence-corrected chi connectivity index (χ3v) is 2.90. The summed E-state index contributed by atoms with van der Waals surface area (Å²) in [6, 6.07) is 8.68. The van der Waals surface area contributed by atoms with E-state index < -0.39 is 0 Å². The average molecular weight is 273 g/mol. The van der Waals surface area contributed by atoms with Gasteiger partial charge in [0.05, 0.1) is 12.0 Å². The lowest BCUT2D eigenvalue weighted by Crippen LogP contribution is -2.01. The number of ether oxygens (including phenoxy) is 1. The molecule has 1 aromatic heterocycles. The van der Waals surface area contributed by atoms with Crippen LogP contribution in [-0.2, 0) is 6.54 Å².